The maximum Gasteiger partial charge on any atom is 0.488 e. The third-order valence-corrected chi connectivity index (χ3v) is 7.09. The predicted molar refractivity (Wildman–Crippen MR) is 139 cm³/mol. The molecule has 0 rings (SSSR count). The maximum atomic E-state index is 10.3. The van der Waals surface area contributed by atoms with E-state index in [4.69, 9.17) is 0 Å². The van der Waals surface area contributed by atoms with Gasteiger partial charge in [0.25, 0.3) is 0 Å². The molecule has 0 radical (unpaired) electrons. The standard InChI is InChI=1S/C28H57O3P/c1-2-3-4-5-6-7-8-9-10-11-12-13-14-15-16-17-18-19-20-21-22-23-24-25-26-27-28-31-32(29)30/h2-28H2,1H3. The molecule has 0 spiro atoms. The summed E-state index contributed by atoms with van der Waals surface area (Å²) in [4.78, 5) is 10.3. The summed E-state index contributed by atoms with van der Waals surface area (Å²) in [5, 5.41) is 0. The van der Waals surface area contributed by atoms with Gasteiger partial charge in [-0.1, -0.05) is 167 Å². The third-order valence-electron chi connectivity index (χ3n) is 6.69. The van der Waals surface area contributed by atoms with Crippen LogP contribution in [0.4, 0.5) is 0 Å². The zero-order valence-corrected chi connectivity index (χ0v) is 22.7. The Morgan fingerprint density at radius 3 is 0.875 bits per heavy atom. The summed E-state index contributed by atoms with van der Waals surface area (Å²) >= 11 is 0. The lowest BCUT2D eigenvalue weighted by molar-refractivity contribution is -0.185. The minimum atomic E-state index is -2.65. The van der Waals surface area contributed by atoms with E-state index in [1.54, 1.807) is 0 Å². The number of rotatable bonds is 28. The number of hydrogen-bond acceptors (Lipinski definition) is 3. The van der Waals surface area contributed by atoms with Crippen molar-refractivity contribution in [3.63, 3.8) is 0 Å². The van der Waals surface area contributed by atoms with Gasteiger partial charge in [0.1, 0.15) is 6.61 Å². The highest BCUT2D eigenvalue weighted by molar-refractivity contribution is 7.30. The highest BCUT2D eigenvalue weighted by Crippen LogP contribution is 2.16. The minimum Gasteiger partial charge on any atom is -0.566 e. The first-order valence-corrected chi connectivity index (χ1v) is 15.6. The molecule has 0 aromatic rings. The molecule has 0 aliphatic carbocycles. The molecule has 0 amide bonds. The van der Waals surface area contributed by atoms with E-state index in [1.807, 2.05) is 0 Å². The zero-order chi connectivity index (χ0) is 23.4. The van der Waals surface area contributed by atoms with Crippen LogP contribution in [0, 0.1) is 0 Å². The van der Waals surface area contributed by atoms with Crippen LogP contribution in [0.3, 0.4) is 0 Å². The lowest BCUT2D eigenvalue weighted by Crippen LogP contribution is -1.93. The van der Waals surface area contributed by atoms with Gasteiger partial charge in [-0.3, -0.25) is 0 Å². The second kappa shape index (κ2) is 29.1. The fraction of sp³-hybridized carbons (Fsp3) is 1.00. The van der Waals surface area contributed by atoms with E-state index in [2.05, 4.69) is 11.4 Å². The van der Waals surface area contributed by atoms with Crippen LogP contribution < -0.4 is 4.89 Å². The van der Waals surface area contributed by atoms with E-state index in [0.717, 1.165) is 12.8 Å². The van der Waals surface area contributed by atoms with E-state index in [0.29, 0.717) is 6.61 Å². The summed E-state index contributed by atoms with van der Waals surface area (Å²) in [6, 6.07) is 0. The zero-order valence-electron chi connectivity index (χ0n) is 21.8. The van der Waals surface area contributed by atoms with Crippen LogP contribution in [0.2, 0.25) is 0 Å². The quantitative estimate of drug-likeness (QED) is 0.0840. The summed E-state index contributed by atoms with van der Waals surface area (Å²) < 4.78 is 14.8. The fourth-order valence-corrected chi connectivity index (χ4v) is 4.84. The molecule has 1 atom stereocenters. The van der Waals surface area contributed by atoms with Gasteiger partial charge in [-0.2, -0.15) is 0 Å². The molecular weight excluding hydrogens is 415 g/mol. The number of hydrogen-bond donors (Lipinski definition) is 0. The normalized spacial score (nSPS) is 11.9. The highest BCUT2D eigenvalue weighted by Gasteiger charge is 2.00. The molecule has 3 nitrogen and oxygen atoms in total. The molecule has 32 heavy (non-hydrogen) atoms. The first-order chi connectivity index (χ1) is 15.8. The van der Waals surface area contributed by atoms with Crippen LogP contribution >= 0.6 is 8.25 Å². The average Bonchev–Trinajstić information content (AvgIpc) is 2.78. The molecule has 0 aromatic heterocycles. The molecule has 4 heteroatoms. The van der Waals surface area contributed by atoms with Gasteiger partial charge in [-0.25, -0.2) is 0 Å². The van der Waals surface area contributed by atoms with Gasteiger partial charge >= 0.3 is 8.25 Å². The van der Waals surface area contributed by atoms with E-state index in [9.17, 15) is 9.46 Å². The predicted octanol–water partition coefficient (Wildman–Crippen LogP) is 10.2. The Kier molecular flexibility index (Phi) is 29.1. The lowest BCUT2D eigenvalue weighted by Gasteiger charge is -2.04. The van der Waals surface area contributed by atoms with Crippen LogP contribution in [0.5, 0.6) is 0 Å². The first kappa shape index (κ1) is 32.0. The Labute approximate surface area is 202 Å². The van der Waals surface area contributed by atoms with Crippen molar-refractivity contribution in [1.29, 1.82) is 0 Å². The maximum absolute atomic E-state index is 10.3. The largest absolute Gasteiger partial charge is 0.566 e. The van der Waals surface area contributed by atoms with Crippen molar-refractivity contribution >= 4 is 8.25 Å². The summed E-state index contributed by atoms with van der Waals surface area (Å²) in [5.74, 6) is 0. The van der Waals surface area contributed by atoms with Crippen LogP contribution in [0.15, 0.2) is 0 Å². The molecular formula is C28H57O3P. The molecule has 0 saturated heterocycles. The van der Waals surface area contributed by atoms with E-state index < -0.39 is 8.25 Å². The Bertz CT molecular complexity index is 363. The van der Waals surface area contributed by atoms with Crippen molar-refractivity contribution in [2.24, 2.45) is 0 Å². The van der Waals surface area contributed by atoms with Gasteiger partial charge in [-0.05, 0) is 11.0 Å². The average molecular weight is 473 g/mol. The fourth-order valence-electron chi connectivity index (χ4n) is 4.56. The van der Waals surface area contributed by atoms with Gasteiger partial charge in [0.2, 0.25) is 0 Å². The van der Waals surface area contributed by atoms with E-state index >= 15 is 0 Å². The van der Waals surface area contributed by atoms with Gasteiger partial charge in [-0.15, -0.1) is 4.52 Å². The van der Waals surface area contributed by atoms with Crippen molar-refractivity contribution in [3.8, 4) is 0 Å². The summed E-state index contributed by atoms with van der Waals surface area (Å²) in [5.41, 5.74) is 0. The summed E-state index contributed by atoms with van der Waals surface area (Å²) in [6.07, 6.45) is 36.0. The number of unbranched alkanes of at least 4 members (excludes halogenated alkanes) is 25. The van der Waals surface area contributed by atoms with Crippen molar-refractivity contribution in [3.05, 3.63) is 0 Å². The molecule has 0 aliphatic heterocycles. The Morgan fingerprint density at radius 1 is 0.438 bits per heavy atom. The second-order valence-electron chi connectivity index (χ2n) is 9.90. The molecule has 0 bridgehead atoms. The molecule has 0 saturated carbocycles. The molecule has 0 fully saturated rings. The Morgan fingerprint density at radius 2 is 0.656 bits per heavy atom. The molecule has 0 aliphatic rings. The van der Waals surface area contributed by atoms with Crippen LogP contribution in [0.1, 0.15) is 174 Å². The minimum absolute atomic E-state index is 0.359. The SMILES string of the molecule is CCCCCCCCCCCCCCCCCCCCCCCCCCCCO[P+](=O)[O-]. The van der Waals surface area contributed by atoms with Crippen LogP contribution in [-0.2, 0) is 9.09 Å². The van der Waals surface area contributed by atoms with E-state index in [-0.39, 0.29) is 0 Å². The Hall–Kier alpha value is 0.0200. The molecule has 1 unspecified atom stereocenters. The second-order valence-corrected chi connectivity index (χ2v) is 10.6. The molecule has 0 N–H and O–H groups in total. The van der Waals surface area contributed by atoms with Crippen molar-refractivity contribution in [2.75, 3.05) is 6.61 Å². The third kappa shape index (κ3) is 30.0. The molecule has 0 aromatic carbocycles. The smallest absolute Gasteiger partial charge is 0.488 e. The molecule has 0 heterocycles. The monoisotopic (exact) mass is 472 g/mol. The highest BCUT2D eigenvalue weighted by atomic mass is 31.1. The topological polar surface area (TPSA) is 49.4 Å². The molecule has 192 valence electrons. The van der Waals surface area contributed by atoms with Gasteiger partial charge in [0.15, 0.2) is 0 Å². The van der Waals surface area contributed by atoms with Crippen molar-refractivity contribution in [1.82, 2.24) is 0 Å². The van der Waals surface area contributed by atoms with Gasteiger partial charge in [0.05, 0.1) is 0 Å². The van der Waals surface area contributed by atoms with Crippen molar-refractivity contribution < 1.29 is 14.0 Å². The van der Waals surface area contributed by atoms with Gasteiger partial charge < -0.3 is 4.89 Å². The van der Waals surface area contributed by atoms with Crippen LogP contribution in [0.25, 0.3) is 0 Å². The first-order valence-electron chi connectivity index (χ1n) is 14.5. The van der Waals surface area contributed by atoms with Crippen LogP contribution in [-0.4, -0.2) is 6.61 Å². The van der Waals surface area contributed by atoms with Crippen molar-refractivity contribution in [2.45, 2.75) is 174 Å². The van der Waals surface area contributed by atoms with E-state index in [1.165, 1.54) is 154 Å². The Balaban J connectivity index is 3.00. The summed E-state index contributed by atoms with van der Waals surface area (Å²) in [6.45, 7) is 2.65. The summed E-state index contributed by atoms with van der Waals surface area (Å²) in [7, 11) is -2.65. The lowest BCUT2D eigenvalue weighted by atomic mass is 10.0. The van der Waals surface area contributed by atoms with Gasteiger partial charge in [0, 0.05) is 0 Å².